The van der Waals surface area contributed by atoms with Gasteiger partial charge in [-0.05, 0) is 12.8 Å². The Kier molecular flexibility index (Phi) is 3.82. The molecule has 5 nitrogen and oxygen atoms in total. The number of fused-ring (bicyclic) bond motifs is 1. The highest BCUT2D eigenvalue weighted by Crippen LogP contribution is 2.27. The van der Waals surface area contributed by atoms with Gasteiger partial charge in [0.2, 0.25) is 5.95 Å². The van der Waals surface area contributed by atoms with Gasteiger partial charge in [-0.2, -0.15) is 4.98 Å². The number of anilines is 2. The van der Waals surface area contributed by atoms with Gasteiger partial charge in [0.25, 0.3) is 0 Å². The fourth-order valence-electron chi connectivity index (χ4n) is 2.98. The molecule has 0 atom stereocenters. The maximum atomic E-state index is 4.73. The van der Waals surface area contributed by atoms with Gasteiger partial charge in [0.1, 0.15) is 5.82 Å². The van der Waals surface area contributed by atoms with Gasteiger partial charge < -0.3 is 15.5 Å². The summed E-state index contributed by atoms with van der Waals surface area (Å²) in [5.41, 5.74) is 2.53. The molecule has 0 bridgehead atoms. The molecule has 0 aliphatic carbocycles. The predicted octanol–water partition coefficient (Wildman–Crippen LogP) is 1.54. The van der Waals surface area contributed by atoms with Gasteiger partial charge in [0.15, 0.2) is 0 Å². The maximum Gasteiger partial charge on any atom is 0.224 e. The SMILES string of the molecule is CNc1nc2c(c(N3CCCCCC3)n1)CNCC2. The second kappa shape index (κ2) is 5.74. The van der Waals surface area contributed by atoms with Crippen molar-refractivity contribution < 1.29 is 0 Å². The van der Waals surface area contributed by atoms with Crippen LogP contribution in [0.5, 0.6) is 0 Å². The largest absolute Gasteiger partial charge is 0.357 e. The third-order valence-electron chi connectivity index (χ3n) is 4.04. The van der Waals surface area contributed by atoms with Crippen molar-refractivity contribution in [2.75, 3.05) is 36.9 Å². The quantitative estimate of drug-likeness (QED) is 0.846. The summed E-state index contributed by atoms with van der Waals surface area (Å²) in [6.07, 6.45) is 6.26. The molecule has 2 aliphatic heterocycles. The van der Waals surface area contributed by atoms with Crippen LogP contribution in [0.2, 0.25) is 0 Å². The van der Waals surface area contributed by atoms with E-state index < -0.39 is 0 Å². The molecule has 0 unspecified atom stereocenters. The van der Waals surface area contributed by atoms with Gasteiger partial charge in [-0.25, -0.2) is 4.98 Å². The Hall–Kier alpha value is -1.36. The Morgan fingerprint density at radius 3 is 2.63 bits per heavy atom. The molecule has 3 rings (SSSR count). The zero-order chi connectivity index (χ0) is 13.1. The molecule has 0 amide bonds. The van der Waals surface area contributed by atoms with Crippen LogP contribution in [0.25, 0.3) is 0 Å². The molecule has 1 aromatic rings. The van der Waals surface area contributed by atoms with Crippen LogP contribution >= 0.6 is 0 Å². The Morgan fingerprint density at radius 1 is 1.11 bits per heavy atom. The van der Waals surface area contributed by atoms with Crippen LogP contribution in [-0.4, -0.2) is 36.6 Å². The summed E-state index contributed by atoms with van der Waals surface area (Å²) in [6, 6.07) is 0. The van der Waals surface area contributed by atoms with E-state index in [9.17, 15) is 0 Å². The molecule has 2 N–H and O–H groups in total. The molecule has 0 saturated carbocycles. The summed E-state index contributed by atoms with van der Waals surface area (Å²) in [7, 11) is 1.90. The lowest BCUT2D eigenvalue weighted by Gasteiger charge is -2.28. The molecule has 1 aromatic heterocycles. The zero-order valence-corrected chi connectivity index (χ0v) is 11.7. The monoisotopic (exact) mass is 261 g/mol. The number of hydrogen-bond acceptors (Lipinski definition) is 5. The van der Waals surface area contributed by atoms with Crippen LogP contribution in [0.1, 0.15) is 36.9 Å². The zero-order valence-electron chi connectivity index (χ0n) is 11.7. The Morgan fingerprint density at radius 2 is 1.89 bits per heavy atom. The molecule has 0 aromatic carbocycles. The number of rotatable bonds is 2. The molecule has 2 aliphatic rings. The summed E-state index contributed by atoms with van der Waals surface area (Å²) in [5, 5.41) is 6.55. The number of hydrogen-bond donors (Lipinski definition) is 2. The molecule has 0 radical (unpaired) electrons. The third kappa shape index (κ3) is 2.66. The van der Waals surface area contributed by atoms with Gasteiger partial charge in [-0.1, -0.05) is 12.8 Å². The highest BCUT2D eigenvalue weighted by atomic mass is 15.2. The second-order valence-electron chi connectivity index (χ2n) is 5.37. The summed E-state index contributed by atoms with van der Waals surface area (Å²) in [6.45, 7) is 4.19. The number of nitrogens with one attached hydrogen (secondary N) is 2. The van der Waals surface area contributed by atoms with Crippen molar-refractivity contribution in [3.8, 4) is 0 Å². The van der Waals surface area contributed by atoms with Crippen molar-refractivity contribution in [3.63, 3.8) is 0 Å². The van der Waals surface area contributed by atoms with Crippen molar-refractivity contribution in [1.82, 2.24) is 15.3 Å². The molecular weight excluding hydrogens is 238 g/mol. The van der Waals surface area contributed by atoms with E-state index in [4.69, 9.17) is 4.98 Å². The molecular formula is C14H23N5. The van der Waals surface area contributed by atoms with Gasteiger partial charge in [0, 0.05) is 45.2 Å². The normalized spacial score (nSPS) is 19.7. The molecule has 5 heteroatoms. The summed E-state index contributed by atoms with van der Waals surface area (Å²) in [5.74, 6) is 1.92. The minimum atomic E-state index is 0.764. The van der Waals surface area contributed by atoms with Crippen LogP contribution in [0.15, 0.2) is 0 Å². The average molecular weight is 261 g/mol. The maximum absolute atomic E-state index is 4.73. The highest BCUT2D eigenvalue weighted by Gasteiger charge is 2.21. The smallest absolute Gasteiger partial charge is 0.224 e. The van der Waals surface area contributed by atoms with Crippen molar-refractivity contribution in [2.45, 2.75) is 38.6 Å². The van der Waals surface area contributed by atoms with Gasteiger partial charge in [0.05, 0.1) is 5.69 Å². The van der Waals surface area contributed by atoms with Crippen LogP contribution in [-0.2, 0) is 13.0 Å². The average Bonchev–Trinajstić information content (AvgIpc) is 2.75. The standard InChI is InChI=1S/C14H23N5/c1-15-14-17-12-6-7-16-10-11(12)13(18-14)19-8-4-2-3-5-9-19/h16H,2-10H2,1H3,(H,15,17,18). The highest BCUT2D eigenvalue weighted by molar-refractivity contribution is 5.53. The topological polar surface area (TPSA) is 53.1 Å². The minimum Gasteiger partial charge on any atom is -0.357 e. The first-order valence-electron chi connectivity index (χ1n) is 7.41. The fourth-order valence-corrected chi connectivity index (χ4v) is 2.98. The first kappa shape index (κ1) is 12.7. The first-order valence-corrected chi connectivity index (χ1v) is 7.41. The lowest BCUT2D eigenvalue weighted by atomic mass is 10.1. The number of aromatic nitrogens is 2. The molecule has 19 heavy (non-hydrogen) atoms. The van der Waals surface area contributed by atoms with E-state index in [0.717, 1.165) is 44.4 Å². The van der Waals surface area contributed by atoms with Gasteiger partial charge >= 0.3 is 0 Å². The van der Waals surface area contributed by atoms with Crippen LogP contribution in [0.4, 0.5) is 11.8 Å². The van der Waals surface area contributed by atoms with Crippen LogP contribution in [0, 0.1) is 0 Å². The lowest BCUT2D eigenvalue weighted by Crippen LogP contribution is -2.32. The minimum absolute atomic E-state index is 0.764. The summed E-state index contributed by atoms with van der Waals surface area (Å²) >= 11 is 0. The van der Waals surface area contributed by atoms with E-state index in [0.29, 0.717) is 0 Å². The van der Waals surface area contributed by atoms with Gasteiger partial charge in [-0.15, -0.1) is 0 Å². The Bertz CT molecular complexity index is 438. The molecule has 0 spiro atoms. The Labute approximate surface area is 114 Å². The van der Waals surface area contributed by atoms with E-state index in [1.165, 1.54) is 36.9 Å². The van der Waals surface area contributed by atoms with E-state index in [1.54, 1.807) is 0 Å². The Balaban J connectivity index is 1.97. The van der Waals surface area contributed by atoms with E-state index in [1.807, 2.05) is 7.05 Å². The van der Waals surface area contributed by atoms with E-state index >= 15 is 0 Å². The molecule has 1 saturated heterocycles. The van der Waals surface area contributed by atoms with Gasteiger partial charge in [-0.3, -0.25) is 0 Å². The molecule has 3 heterocycles. The van der Waals surface area contributed by atoms with Crippen LogP contribution < -0.4 is 15.5 Å². The molecule has 104 valence electrons. The van der Waals surface area contributed by atoms with E-state index in [-0.39, 0.29) is 0 Å². The third-order valence-corrected chi connectivity index (χ3v) is 4.04. The lowest BCUT2D eigenvalue weighted by molar-refractivity contribution is 0.620. The molecule has 1 fully saturated rings. The first-order chi connectivity index (χ1) is 9.38. The fraction of sp³-hybridized carbons (Fsp3) is 0.714. The van der Waals surface area contributed by atoms with Crippen molar-refractivity contribution in [3.05, 3.63) is 11.3 Å². The summed E-state index contributed by atoms with van der Waals surface area (Å²) < 4.78 is 0. The summed E-state index contributed by atoms with van der Waals surface area (Å²) in [4.78, 5) is 11.8. The second-order valence-corrected chi connectivity index (χ2v) is 5.37. The van der Waals surface area contributed by atoms with Crippen molar-refractivity contribution in [1.29, 1.82) is 0 Å². The predicted molar refractivity (Wildman–Crippen MR) is 77.7 cm³/mol. The van der Waals surface area contributed by atoms with Crippen molar-refractivity contribution >= 4 is 11.8 Å². The van der Waals surface area contributed by atoms with Crippen LogP contribution in [0.3, 0.4) is 0 Å². The van der Waals surface area contributed by atoms with E-state index in [2.05, 4.69) is 20.5 Å². The number of nitrogens with zero attached hydrogens (tertiary/aromatic N) is 3. The van der Waals surface area contributed by atoms with Crippen molar-refractivity contribution in [2.24, 2.45) is 0 Å².